The number of rotatable bonds is 9. The van der Waals surface area contributed by atoms with Gasteiger partial charge in [-0.3, -0.25) is 29.8 Å². The number of hydroxylamine groups is 2. The first-order valence-corrected chi connectivity index (χ1v) is 12.2. The summed E-state index contributed by atoms with van der Waals surface area (Å²) in [7, 11) is 0. The molecule has 4 amide bonds. The molecule has 1 unspecified atom stereocenters. The molecule has 0 aromatic heterocycles. The number of hydrogen-bond donors (Lipinski definition) is 2. The number of alkyl carbamates (subject to hydrolysis) is 1. The van der Waals surface area contributed by atoms with Gasteiger partial charge >= 0.3 is 6.09 Å². The Morgan fingerprint density at radius 2 is 1.85 bits per heavy atom. The van der Waals surface area contributed by atoms with E-state index in [1.165, 1.54) is 4.90 Å². The number of likely N-dealkylation sites (tertiary alicyclic amines) is 2. The van der Waals surface area contributed by atoms with Gasteiger partial charge in [0.25, 0.3) is 5.91 Å². The van der Waals surface area contributed by atoms with Gasteiger partial charge in [-0.1, -0.05) is 25.7 Å². The van der Waals surface area contributed by atoms with Crippen LogP contribution < -0.4 is 5.32 Å². The van der Waals surface area contributed by atoms with Crippen LogP contribution >= 0.6 is 0 Å². The lowest BCUT2D eigenvalue weighted by molar-refractivity contribution is -0.158. The smallest absolute Gasteiger partial charge is 0.414 e. The highest BCUT2D eigenvalue weighted by Gasteiger charge is 2.39. The number of imide groups is 1. The highest BCUT2D eigenvalue weighted by Crippen LogP contribution is 2.32. The zero-order valence-electron chi connectivity index (χ0n) is 19.8. The van der Waals surface area contributed by atoms with Crippen LogP contribution in [-0.2, 0) is 19.1 Å². The molecule has 2 aliphatic heterocycles. The highest BCUT2D eigenvalue weighted by molar-refractivity contribution is 5.97. The molecule has 0 aromatic rings. The van der Waals surface area contributed by atoms with Crippen LogP contribution in [0.1, 0.15) is 65.2 Å². The Morgan fingerprint density at radius 3 is 2.48 bits per heavy atom. The predicted octanol–water partition coefficient (Wildman–Crippen LogP) is 1.76. The molecular weight excluding hydrogens is 428 g/mol. The van der Waals surface area contributed by atoms with Gasteiger partial charge in [0.05, 0.1) is 12.5 Å². The predicted molar refractivity (Wildman–Crippen MR) is 119 cm³/mol. The molecule has 3 aliphatic rings. The van der Waals surface area contributed by atoms with Crippen LogP contribution in [0.3, 0.4) is 0 Å². The van der Waals surface area contributed by atoms with Crippen molar-refractivity contribution in [3.05, 3.63) is 0 Å². The molecule has 0 bridgehead atoms. The summed E-state index contributed by atoms with van der Waals surface area (Å²) in [6.07, 6.45) is 5.97. The van der Waals surface area contributed by atoms with Crippen molar-refractivity contribution in [3.63, 3.8) is 0 Å². The molecule has 10 nitrogen and oxygen atoms in total. The van der Waals surface area contributed by atoms with E-state index in [0.717, 1.165) is 38.6 Å². The van der Waals surface area contributed by atoms with Crippen molar-refractivity contribution in [2.24, 2.45) is 11.8 Å². The van der Waals surface area contributed by atoms with Crippen molar-refractivity contribution in [1.82, 2.24) is 20.2 Å². The fourth-order valence-electron chi connectivity index (χ4n) is 5.39. The van der Waals surface area contributed by atoms with Gasteiger partial charge in [-0.2, -0.15) is 0 Å². The fourth-order valence-corrected chi connectivity index (χ4v) is 5.39. The molecule has 3 atom stereocenters. The number of nitrogens with zero attached hydrogens (tertiary/aromatic N) is 3. The van der Waals surface area contributed by atoms with Crippen molar-refractivity contribution in [2.45, 2.75) is 83.4 Å². The van der Waals surface area contributed by atoms with Gasteiger partial charge in [-0.15, -0.1) is 0 Å². The lowest BCUT2D eigenvalue weighted by atomic mass is 9.91. The molecule has 10 heteroatoms. The minimum absolute atomic E-state index is 0.0975. The molecule has 2 N–H and O–H groups in total. The van der Waals surface area contributed by atoms with Gasteiger partial charge in [-0.05, 0) is 45.4 Å². The largest absolute Gasteiger partial charge is 0.445 e. The number of carbonyl (C=O) groups is 4. The van der Waals surface area contributed by atoms with Gasteiger partial charge in [0, 0.05) is 25.7 Å². The number of carbonyl (C=O) groups excluding carboxylic acids is 4. The van der Waals surface area contributed by atoms with Gasteiger partial charge in [0.2, 0.25) is 12.3 Å². The van der Waals surface area contributed by atoms with Crippen LogP contribution in [0, 0.1) is 11.8 Å². The molecule has 3 fully saturated rings. The number of hydrogen-bond acceptors (Lipinski definition) is 7. The lowest BCUT2D eigenvalue weighted by Crippen LogP contribution is -2.51. The topological polar surface area (TPSA) is 119 Å². The van der Waals surface area contributed by atoms with Crippen molar-refractivity contribution < 1.29 is 29.1 Å². The highest BCUT2D eigenvalue weighted by atomic mass is 16.6. The standard InChI is InChI=1S/C23H38N4O6/c1-16(2)25-11-9-19(14-25)33-23(31)24-21(29)20-8-5-10-27(20)22(30)18(13-26(32)15-28)12-17-6-3-4-7-17/h15-20,32H,3-14H2,1-2H3,(H,24,29,31)/t18-,19?,20+/m1/s1. The minimum Gasteiger partial charge on any atom is -0.445 e. The maximum atomic E-state index is 13.3. The molecule has 0 aromatic carbocycles. The zero-order chi connectivity index (χ0) is 24.0. The Bertz CT molecular complexity index is 711. The van der Waals surface area contributed by atoms with Crippen LogP contribution in [0.25, 0.3) is 0 Å². The second-order valence-corrected chi connectivity index (χ2v) is 9.89. The van der Waals surface area contributed by atoms with Crippen molar-refractivity contribution in [3.8, 4) is 0 Å². The third kappa shape index (κ3) is 6.89. The third-order valence-electron chi connectivity index (χ3n) is 7.22. The van der Waals surface area contributed by atoms with E-state index in [0.29, 0.717) is 55.8 Å². The zero-order valence-corrected chi connectivity index (χ0v) is 19.8. The van der Waals surface area contributed by atoms with E-state index in [4.69, 9.17) is 4.74 Å². The Kier molecular flexibility index (Phi) is 9.08. The van der Waals surface area contributed by atoms with Gasteiger partial charge in [0.15, 0.2) is 0 Å². The first-order valence-electron chi connectivity index (χ1n) is 12.2. The first kappa shape index (κ1) is 25.4. The van der Waals surface area contributed by atoms with E-state index in [1.807, 2.05) is 0 Å². The number of ether oxygens (including phenoxy) is 1. The van der Waals surface area contributed by atoms with Crippen LogP contribution in [0.15, 0.2) is 0 Å². The minimum atomic E-state index is -0.778. The summed E-state index contributed by atoms with van der Waals surface area (Å²) in [6, 6.07) is -0.386. The summed E-state index contributed by atoms with van der Waals surface area (Å²) < 4.78 is 5.43. The van der Waals surface area contributed by atoms with Crippen molar-refractivity contribution in [2.75, 3.05) is 26.2 Å². The molecule has 0 spiro atoms. The Balaban J connectivity index is 1.56. The molecule has 33 heavy (non-hydrogen) atoms. The molecule has 1 aliphatic carbocycles. The van der Waals surface area contributed by atoms with Crippen LogP contribution in [0.5, 0.6) is 0 Å². The normalized spacial score (nSPS) is 24.8. The van der Waals surface area contributed by atoms with Crippen LogP contribution in [0.2, 0.25) is 0 Å². The number of amides is 4. The van der Waals surface area contributed by atoms with Crippen molar-refractivity contribution >= 4 is 24.3 Å². The fraction of sp³-hybridized carbons (Fsp3) is 0.826. The van der Waals surface area contributed by atoms with Crippen molar-refractivity contribution in [1.29, 1.82) is 0 Å². The number of nitrogens with one attached hydrogen (secondary N) is 1. The van der Waals surface area contributed by atoms with Gasteiger partial charge < -0.3 is 9.64 Å². The molecule has 2 saturated heterocycles. The van der Waals surface area contributed by atoms with Gasteiger partial charge in [0.1, 0.15) is 12.1 Å². The monoisotopic (exact) mass is 466 g/mol. The molecule has 2 heterocycles. The molecule has 186 valence electrons. The average Bonchev–Trinajstić information content (AvgIpc) is 3.54. The molecule has 3 rings (SSSR count). The first-order chi connectivity index (χ1) is 15.8. The average molecular weight is 467 g/mol. The quantitative estimate of drug-likeness (QED) is 0.302. The van der Waals surface area contributed by atoms with Crippen LogP contribution in [0.4, 0.5) is 4.79 Å². The second kappa shape index (κ2) is 11.8. The van der Waals surface area contributed by atoms with E-state index in [-0.39, 0.29) is 18.6 Å². The van der Waals surface area contributed by atoms with E-state index in [2.05, 4.69) is 24.1 Å². The van der Waals surface area contributed by atoms with E-state index in [9.17, 15) is 24.4 Å². The molecular formula is C23H38N4O6. The Morgan fingerprint density at radius 1 is 1.12 bits per heavy atom. The van der Waals surface area contributed by atoms with E-state index >= 15 is 0 Å². The maximum absolute atomic E-state index is 13.3. The van der Waals surface area contributed by atoms with Crippen LogP contribution in [-0.4, -0.2) is 88.8 Å². The summed E-state index contributed by atoms with van der Waals surface area (Å²) in [5.41, 5.74) is 0. The summed E-state index contributed by atoms with van der Waals surface area (Å²) in [6.45, 7) is 5.97. The van der Waals surface area contributed by atoms with E-state index < -0.39 is 24.0 Å². The maximum Gasteiger partial charge on any atom is 0.414 e. The second-order valence-electron chi connectivity index (χ2n) is 9.89. The third-order valence-corrected chi connectivity index (χ3v) is 7.22. The SMILES string of the molecule is CC(C)N1CCC(OC(=O)NC(=O)[C@@H]2CCCN2C(=O)[C@H](CC2CCCC2)CN(O)C=O)C1. The van der Waals surface area contributed by atoms with Gasteiger partial charge in [-0.25, -0.2) is 9.86 Å². The van der Waals surface area contributed by atoms with E-state index in [1.54, 1.807) is 0 Å². The summed E-state index contributed by atoms with van der Waals surface area (Å²) in [5, 5.41) is 12.5. The molecule has 0 radical (unpaired) electrons. The summed E-state index contributed by atoms with van der Waals surface area (Å²) in [4.78, 5) is 53.1. The Labute approximate surface area is 195 Å². The molecule has 1 saturated carbocycles. The summed E-state index contributed by atoms with van der Waals surface area (Å²) in [5.74, 6) is -0.998. The Hall–Kier alpha value is -2.20. The lowest BCUT2D eigenvalue weighted by Gasteiger charge is -2.30. The summed E-state index contributed by atoms with van der Waals surface area (Å²) >= 11 is 0.